The Morgan fingerprint density at radius 3 is 2.07 bits per heavy atom. The molecule has 1 aromatic heterocycles. The van der Waals surface area contributed by atoms with Crippen LogP contribution in [0.2, 0.25) is 0 Å². The molecule has 0 aliphatic heterocycles. The van der Waals surface area contributed by atoms with Gasteiger partial charge >= 0.3 is 11.9 Å². The molecular formula is C14H9F7N4O3. The van der Waals surface area contributed by atoms with Gasteiger partial charge in [0.2, 0.25) is 5.91 Å². The maximum Gasteiger partial charge on any atom is 0.422 e. The normalized spacial score (nSPS) is 12.8. The molecule has 0 bridgehead atoms. The summed E-state index contributed by atoms with van der Waals surface area (Å²) in [7, 11) is 0. The molecule has 1 N–H and O–H groups in total. The summed E-state index contributed by atoms with van der Waals surface area (Å²) in [5.41, 5.74) is -5.15. The van der Waals surface area contributed by atoms with Gasteiger partial charge in [0.05, 0.1) is 4.92 Å². The molecule has 1 amide bonds. The van der Waals surface area contributed by atoms with E-state index in [1.165, 1.54) is 12.2 Å². The summed E-state index contributed by atoms with van der Waals surface area (Å²) in [6, 6.07) is -1.47. The van der Waals surface area contributed by atoms with Crippen LogP contribution in [0, 0.1) is 40.3 Å². The Labute approximate surface area is 150 Å². The van der Waals surface area contributed by atoms with Gasteiger partial charge in [-0.15, -0.1) is 0 Å². The highest BCUT2D eigenvalue weighted by atomic mass is 19.4. The third-order valence-electron chi connectivity index (χ3n) is 3.66. The van der Waals surface area contributed by atoms with E-state index in [4.69, 9.17) is 0 Å². The van der Waals surface area contributed by atoms with Gasteiger partial charge in [0.1, 0.15) is 29.2 Å². The van der Waals surface area contributed by atoms with Crippen LogP contribution >= 0.6 is 0 Å². The van der Waals surface area contributed by atoms with Crippen molar-refractivity contribution in [2.75, 3.05) is 5.32 Å². The molecular weight excluding hydrogens is 405 g/mol. The van der Waals surface area contributed by atoms with Crippen molar-refractivity contribution in [1.82, 2.24) is 9.78 Å². The van der Waals surface area contributed by atoms with Crippen LogP contribution in [0.3, 0.4) is 0 Å². The van der Waals surface area contributed by atoms with Gasteiger partial charge in [-0.1, -0.05) is 0 Å². The molecule has 152 valence electrons. The van der Waals surface area contributed by atoms with Gasteiger partial charge in [-0.2, -0.15) is 18.3 Å². The standard InChI is InChI=1S/C14H9F7N4O3/c1-4-6(25(27)28)3-24(23-4)5(2)13(26)22-12-10(17)8(15)7(14(19,20)21)9(16)11(12)18/h3,5H,1-2H3,(H,22,26). The van der Waals surface area contributed by atoms with Gasteiger partial charge in [-0.3, -0.25) is 19.6 Å². The van der Waals surface area contributed by atoms with Crippen molar-refractivity contribution in [3.63, 3.8) is 0 Å². The van der Waals surface area contributed by atoms with Crippen molar-refractivity contribution in [2.45, 2.75) is 26.1 Å². The fraction of sp³-hybridized carbons (Fsp3) is 0.286. The van der Waals surface area contributed by atoms with E-state index in [2.05, 4.69) is 5.10 Å². The predicted octanol–water partition coefficient (Wildman–Crippen LogP) is 3.87. The molecule has 2 aromatic rings. The number of hydrogen-bond donors (Lipinski definition) is 1. The summed E-state index contributed by atoms with van der Waals surface area (Å²) in [6.07, 6.45) is -4.91. The van der Waals surface area contributed by atoms with Crippen molar-refractivity contribution in [3.05, 3.63) is 50.8 Å². The van der Waals surface area contributed by atoms with Crippen molar-refractivity contribution in [2.24, 2.45) is 0 Å². The molecule has 0 spiro atoms. The maximum atomic E-state index is 13.8. The second-order valence-corrected chi connectivity index (χ2v) is 5.51. The molecule has 0 saturated carbocycles. The van der Waals surface area contributed by atoms with Crippen LogP contribution < -0.4 is 5.32 Å². The average molecular weight is 414 g/mol. The second kappa shape index (κ2) is 7.09. The zero-order valence-corrected chi connectivity index (χ0v) is 13.9. The van der Waals surface area contributed by atoms with E-state index in [-0.39, 0.29) is 5.69 Å². The molecule has 14 heteroatoms. The number of hydrogen-bond acceptors (Lipinski definition) is 4. The molecule has 0 saturated heterocycles. The molecule has 0 fully saturated rings. The van der Waals surface area contributed by atoms with E-state index in [1.54, 1.807) is 0 Å². The number of amides is 1. The zero-order chi connectivity index (χ0) is 21.5. The minimum atomic E-state index is -5.73. The number of nitrogens with zero attached hydrogens (tertiary/aromatic N) is 3. The topological polar surface area (TPSA) is 90.1 Å². The first kappa shape index (κ1) is 21.1. The predicted molar refractivity (Wildman–Crippen MR) is 78.2 cm³/mol. The summed E-state index contributed by atoms with van der Waals surface area (Å²) in [5.74, 6) is -11.8. The number of benzene rings is 1. The lowest BCUT2D eigenvalue weighted by Gasteiger charge is -2.16. The van der Waals surface area contributed by atoms with E-state index in [9.17, 15) is 45.6 Å². The number of nitro groups is 1. The van der Waals surface area contributed by atoms with Crippen molar-refractivity contribution in [1.29, 1.82) is 0 Å². The monoisotopic (exact) mass is 414 g/mol. The molecule has 28 heavy (non-hydrogen) atoms. The number of anilines is 1. The third-order valence-corrected chi connectivity index (χ3v) is 3.66. The van der Waals surface area contributed by atoms with Gasteiger partial charge < -0.3 is 5.32 Å². The summed E-state index contributed by atoms with van der Waals surface area (Å²) >= 11 is 0. The number of nitrogens with one attached hydrogen (secondary N) is 1. The van der Waals surface area contributed by atoms with Crippen LogP contribution in [0.5, 0.6) is 0 Å². The van der Waals surface area contributed by atoms with Crippen LogP contribution in [0.4, 0.5) is 42.1 Å². The number of halogens is 7. The molecule has 1 heterocycles. The average Bonchev–Trinajstić information content (AvgIpc) is 2.97. The lowest BCUT2D eigenvalue weighted by Crippen LogP contribution is -2.26. The molecule has 0 radical (unpaired) electrons. The smallest absolute Gasteiger partial charge is 0.319 e. The minimum Gasteiger partial charge on any atom is -0.319 e. The van der Waals surface area contributed by atoms with E-state index < -0.39 is 63.3 Å². The summed E-state index contributed by atoms with van der Waals surface area (Å²) in [6.45, 7) is 2.30. The summed E-state index contributed by atoms with van der Waals surface area (Å²) < 4.78 is 93.2. The van der Waals surface area contributed by atoms with Crippen LogP contribution in [0.1, 0.15) is 24.2 Å². The molecule has 1 aromatic carbocycles. The number of alkyl halides is 3. The van der Waals surface area contributed by atoms with Gasteiger partial charge in [-0.05, 0) is 13.8 Å². The van der Waals surface area contributed by atoms with E-state index >= 15 is 0 Å². The quantitative estimate of drug-likeness (QED) is 0.356. The van der Waals surface area contributed by atoms with Gasteiger partial charge in [0.25, 0.3) is 0 Å². The largest absolute Gasteiger partial charge is 0.422 e. The third kappa shape index (κ3) is 3.61. The second-order valence-electron chi connectivity index (χ2n) is 5.51. The molecule has 1 atom stereocenters. The fourth-order valence-electron chi connectivity index (χ4n) is 2.19. The lowest BCUT2D eigenvalue weighted by molar-refractivity contribution is -0.385. The Kier molecular flexibility index (Phi) is 5.34. The van der Waals surface area contributed by atoms with Gasteiger partial charge in [0.15, 0.2) is 23.3 Å². The highest BCUT2D eigenvalue weighted by Crippen LogP contribution is 2.38. The Balaban J connectivity index is 2.41. The highest BCUT2D eigenvalue weighted by molar-refractivity contribution is 5.93. The van der Waals surface area contributed by atoms with Crippen LogP contribution in [-0.2, 0) is 11.0 Å². The fourth-order valence-corrected chi connectivity index (χ4v) is 2.19. The molecule has 7 nitrogen and oxygen atoms in total. The van der Waals surface area contributed by atoms with Crippen molar-refractivity contribution >= 4 is 17.3 Å². The maximum absolute atomic E-state index is 13.8. The van der Waals surface area contributed by atoms with E-state index in [0.717, 1.165) is 17.8 Å². The SMILES string of the molecule is Cc1nn(C(C)C(=O)Nc2c(F)c(F)c(C(F)(F)F)c(F)c2F)cc1[N+](=O)[O-]. The first-order valence-corrected chi connectivity index (χ1v) is 7.21. The lowest BCUT2D eigenvalue weighted by atomic mass is 10.1. The summed E-state index contributed by atoms with van der Waals surface area (Å²) in [5, 5.41) is 15.9. The first-order chi connectivity index (χ1) is 12.8. The molecule has 0 aliphatic carbocycles. The first-order valence-electron chi connectivity index (χ1n) is 7.21. The Morgan fingerprint density at radius 2 is 1.68 bits per heavy atom. The highest BCUT2D eigenvalue weighted by Gasteiger charge is 2.42. The minimum absolute atomic E-state index is 0.103. The van der Waals surface area contributed by atoms with Crippen LogP contribution in [-0.4, -0.2) is 20.6 Å². The number of aromatic nitrogens is 2. The van der Waals surface area contributed by atoms with E-state index in [0.29, 0.717) is 0 Å². The van der Waals surface area contributed by atoms with Crippen LogP contribution in [0.15, 0.2) is 6.20 Å². The van der Waals surface area contributed by atoms with Crippen molar-refractivity contribution < 1.29 is 40.5 Å². The van der Waals surface area contributed by atoms with Crippen LogP contribution in [0.25, 0.3) is 0 Å². The molecule has 2 rings (SSSR count). The van der Waals surface area contributed by atoms with Gasteiger partial charge in [-0.25, -0.2) is 17.6 Å². The number of carbonyl (C=O) groups excluding carboxylic acids is 1. The number of aryl methyl sites for hydroxylation is 1. The Hall–Kier alpha value is -3.19. The number of carbonyl (C=O) groups is 1. The Morgan fingerprint density at radius 1 is 1.18 bits per heavy atom. The number of rotatable bonds is 4. The van der Waals surface area contributed by atoms with Crippen molar-refractivity contribution in [3.8, 4) is 0 Å². The van der Waals surface area contributed by atoms with Gasteiger partial charge in [0, 0.05) is 0 Å². The molecule has 1 unspecified atom stereocenters. The van der Waals surface area contributed by atoms with E-state index in [1.807, 2.05) is 0 Å². The summed E-state index contributed by atoms with van der Waals surface area (Å²) in [4.78, 5) is 22.0. The zero-order valence-electron chi connectivity index (χ0n) is 13.9. The Bertz CT molecular complexity index is 942. The molecule has 0 aliphatic rings.